The van der Waals surface area contributed by atoms with Crippen LogP contribution in [0.2, 0.25) is 0 Å². The zero-order chi connectivity index (χ0) is 36.3. The third-order valence-corrected chi connectivity index (χ3v) is 6.89. The van der Waals surface area contributed by atoms with Gasteiger partial charge in [0.15, 0.2) is 0 Å². The number of nitrogens with one attached hydrogen (secondary N) is 4. The van der Waals surface area contributed by atoms with Crippen molar-refractivity contribution in [3.63, 3.8) is 0 Å². The number of hydrogen-bond acceptors (Lipinski definition) is 11. The average Bonchev–Trinajstić information content (AvgIpc) is 3.47. The third kappa shape index (κ3) is 22.4. The van der Waals surface area contributed by atoms with Crippen molar-refractivity contribution in [3.8, 4) is 0 Å². The standard InChI is InChI=1S/C31H54N6O12/c1-23(2)28(29(41)35-24(30(42)43)5-3-9-34-31(32)44)36-26(39)8-13-45-15-17-47-19-21-49-22-20-48-18-16-46-14-10-33-25(38)7-12-37-11-4-6-27(37)40/h4,6,23-24,28H,3,5,7-22H2,1-2H3,(H,33,38)(H,35,41)(H,36,39)(H,42,43)(H3,32,34,44)/t24-,28-/m0/s1. The summed E-state index contributed by atoms with van der Waals surface area (Å²) in [7, 11) is 0. The first-order chi connectivity index (χ1) is 23.5. The molecule has 0 radical (unpaired) electrons. The van der Waals surface area contributed by atoms with E-state index in [9.17, 15) is 33.9 Å². The largest absolute Gasteiger partial charge is 0.480 e. The highest BCUT2D eigenvalue weighted by molar-refractivity contribution is 5.91. The van der Waals surface area contributed by atoms with E-state index in [0.717, 1.165) is 0 Å². The number of urea groups is 1. The summed E-state index contributed by atoms with van der Waals surface area (Å²) in [4.78, 5) is 72.2. The number of nitrogens with zero attached hydrogens (tertiary/aromatic N) is 1. The maximum Gasteiger partial charge on any atom is 0.326 e. The molecule has 0 aliphatic carbocycles. The van der Waals surface area contributed by atoms with Gasteiger partial charge in [0.05, 0.1) is 66.1 Å². The molecule has 0 aromatic carbocycles. The Morgan fingerprint density at radius 1 is 0.796 bits per heavy atom. The predicted octanol–water partition coefficient (Wildman–Crippen LogP) is -1.48. The van der Waals surface area contributed by atoms with Crippen LogP contribution in [-0.4, -0.2) is 150 Å². The van der Waals surface area contributed by atoms with Gasteiger partial charge in [-0.15, -0.1) is 0 Å². The molecule has 0 spiro atoms. The molecule has 0 saturated heterocycles. The molecule has 6 amide bonds. The van der Waals surface area contributed by atoms with Gasteiger partial charge in [0.1, 0.15) is 12.1 Å². The van der Waals surface area contributed by atoms with Crippen LogP contribution in [0, 0.1) is 5.92 Å². The maximum absolute atomic E-state index is 12.7. The molecular weight excluding hydrogens is 648 g/mol. The van der Waals surface area contributed by atoms with E-state index in [-0.39, 0.29) is 63.2 Å². The van der Waals surface area contributed by atoms with Gasteiger partial charge < -0.3 is 60.7 Å². The smallest absolute Gasteiger partial charge is 0.326 e. The molecule has 0 aromatic rings. The lowest BCUT2D eigenvalue weighted by Crippen LogP contribution is -2.53. The van der Waals surface area contributed by atoms with Gasteiger partial charge in [0.25, 0.3) is 0 Å². The number of nitrogens with two attached hydrogens (primary N) is 1. The number of carboxylic acids is 1. The number of carboxylic acid groups (broad SMARTS) is 1. The van der Waals surface area contributed by atoms with Gasteiger partial charge in [-0.1, -0.05) is 19.9 Å². The third-order valence-electron chi connectivity index (χ3n) is 6.89. The number of carbonyl (C=O) groups excluding carboxylic acids is 5. The van der Waals surface area contributed by atoms with Crippen LogP contribution in [-0.2, 0) is 47.7 Å². The summed E-state index contributed by atoms with van der Waals surface area (Å²) in [5.41, 5.74) is 4.98. The Morgan fingerprint density at radius 3 is 1.88 bits per heavy atom. The normalized spacial score (nSPS) is 13.7. The molecule has 0 bridgehead atoms. The van der Waals surface area contributed by atoms with Crippen molar-refractivity contribution >= 4 is 35.6 Å². The van der Waals surface area contributed by atoms with Crippen molar-refractivity contribution in [2.75, 3.05) is 92.2 Å². The number of hydrogen-bond donors (Lipinski definition) is 6. The number of rotatable bonds is 30. The molecule has 1 aliphatic heterocycles. The van der Waals surface area contributed by atoms with Crippen LogP contribution in [0.1, 0.15) is 39.5 Å². The second-order valence-electron chi connectivity index (χ2n) is 11.2. The van der Waals surface area contributed by atoms with Gasteiger partial charge >= 0.3 is 12.0 Å². The summed E-state index contributed by atoms with van der Waals surface area (Å²) in [6.07, 6.45) is 3.89. The summed E-state index contributed by atoms with van der Waals surface area (Å²) >= 11 is 0. The van der Waals surface area contributed by atoms with Crippen molar-refractivity contribution in [3.05, 3.63) is 12.2 Å². The number of primary amides is 1. The lowest BCUT2D eigenvalue weighted by molar-refractivity contribution is -0.142. The van der Waals surface area contributed by atoms with E-state index in [4.69, 9.17) is 29.4 Å². The Kier molecular flexibility index (Phi) is 23.8. The van der Waals surface area contributed by atoms with Gasteiger partial charge in [0.2, 0.25) is 23.6 Å². The van der Waals surface area contributed by atoms with Crippen LogP contribution >= 0.6 is 0 Å². The Morgan fingerprint density at radius 2 is 1.37 bits per heavy atom. The topological polar surface area (TPSA) is 246 Å². The average molecular weight is 703 g/mol. The number of ether oxygens (including phenoxy) is 5. The summed E-state index contributed by atoms with van der Waals surface area (Å²) in [5.74, 6) is -2.75. The lowest BCUT2D eigenvalue weighted by Gasteiger charge is -2.24. The monoisotopic (exact) mass is 702 g/mol. The lowest BCUT2D eigenvalue weighted by atomic mass is 10.0. The molecule has 18 heteroatoms. The highest BCUT2D eigenvalue weighted by Crippen LogP contribution is 2.06. The zero-order valence-corrected chi connectivity index (χ0v) is 28.6. The second kappa shape index (κ2) is 27.0. The molecular formula is C31H54N6O12. The fourth-order valence-electron chi connectivity index (χ4n) is 4.23. The fraction of sp³-hybridized carbons (Fsp3) is 0.742. The van der Waals surface area contributed by atoms with E-state index in [1.165, 1.54) is 6.08 Å². The van der Waals surface area contributed by atoms with E-state index >= 15 is 0 Å². The number of carbonyl (C=O) groups is 6. The van der Waals surface area contributed by atoms with E-state index in [1.807, 2.05) is 0 Å². The summed E-state index contributed by atoms with van der Waals surface area (Å²) in [6.45, 7) is 8.28. The Bertz CT molecular complexity index is 1040. The van der Waals surface area contributed by atoms with Crippen LogP contribution in [0.3, 0.4) is 0 Å². The van der Waals surface area contributed by atoms with Gasteiger partial charge in [-0.25, -0.2) is 9.59 Å². The van der Waals surface area contributed by atoms with Crippen LogP contribution in [0.15, 0.2) is 12.2 Å². The first kappa shape index (κ1) is 43.2. The van der Waals surface area contributed by atoms with Gasteiger partial charge in [-0.05, 0) is 18.8 Å². The van der Waals surface area contributed by atoms with Crippen LogP contribution in [0.4, 0.5) is 4.79 Å². The van der Waals surface area contributed by atoms with Crippen molar-refractivity contribution in [2.45, 2.75) is 51.6 Å². The molecule has 1 aliphatic rings. The molecule has 49 heavy (non-hydrogen) atoms. The van der Waals surface area contributed by atoms with E-state index in [1.54, 1.807) is 24.8 Å². The predicted molar refractivity (Wildman–Crippen MR) is 175 cm³/mol. The van der Waals surface area contributed by atoms with Crippen LogP contribution < -0.4 is 27.0 Å². The van der Waals surface area contributed by atoms with Gasteiger partial charge in [-0.3, -0.25) is 19.2 Å². The van der Waals surface area contributed by atoms with Crippen LogP contribution in [0.5, 0.6) is 0 Å². The summed E-state index contributed by atoms with van der Waals surface area (Å²) < 4.78 is 27.1. The quantitative estimate of drug-likeness (QED) is 0.0470. The first-order valence-corrected chi connectivity index (χ1v) is 16.5. The minimum absolute atomic E-state index is 0.00360. The zero-order valence-electron chi connectivity index (χ0n) is 28.6. The van der Waals surface area contributed by atoms with Crippen LogP contribution in [0.25, 0.3) is 0 Å². The van der Waals surface area contributed by atoms with E-state index in [0.29, 0.717) is 72.5 Å². The summed E-state index contributed by atoms with van der Waals surface area (Å²) in [5, 5.41) is 19.6. The molecule has 0 aromatic heterocycles. The number of amides is 6. The van der Waals surface area contributed by atoms with Crippen molar-refractivity contribution in [2.24, 2.45) is 11.7 Å². The van der Waals surface area contributed by atoms with Gasteiger partial charge in [0, 0.05) is 45.1 Å². The minimum Gasteiger partial charge on any atom is -0.480 e. The Labute approximate surface area is 287 Å². The SMILES string of the molecule is CC(C)[C@H](NC(=O)CCOCCOCCOCCOCCOCCNC(=O)CCN1CC=CC1=O)C(=O)N[C@@H](CCCNC(N)=O)C(=O)O. The molecule has 0 unspecified atom stereocenters. The molecule has 1 rings (SSSR count). The maximum atomic E-state index is 12.7. The molecule has 280 valence electrons. The fourth-order valence-corrected chi connectivity index (χ4v) is 4.23. The van der Waals surface area contributed by atoms with Crippen molar-refractivity contribution < 1.29 is 57.6 Å². The molecule has 0 saturated carbocycles. The molecule has 1 heterocycles. The number of aliphatic carboxylic acids is 1. The summed E-state index contributed by atoms with van der Waals surface area (Å²) in [6, 6.07) is -2.84. The Balaban J connectivity index is 1.96. The minimum atomic E-state index is -1.23. The highest BCUT2D eigenvalue weighted by atomic mass is 16.6. The Hall–Kier alpha value is -3.84. The van der Waals surface area contributed by atoms with Crippen molar-refractivity contribution in [1.29, 1.82) is 0 Å². The second-order valence-corrected chi connectivity index (χ2v) is 11.2. The molecule has 18 nitrogen and oxygen atoms in total. The molecule has 7 N–H and O–H groups in total. The first-order valence-electron chi connectivity index (χ1n) is 16.5. The highest BCUT2D eigenvalue weighted by Gasteiger charge is 2.28. The molecule has 2 atom stereocenters. The van der Waals surface area contributed by atoms with E-state index in [2.05, 4.69) is 21.3 Å². The van der Waals surface area contributed by atoms with E-state index < -0.39 is 35.9 Å². The molecule has 0 fully saturated rings. The van der Waals surface area contributed by atoms with Gasteiger partial charge in [-0.2, -0.15) is 0 Å². The van der Waals surface area contributed by atoms with Crippen molar-refractivity contribution in [1.82, 2.24) is 26.2 Å².